The maximum absolute atomic E-state index is 12.4. The summed E-state index contributed by atoms with van der Waals surface area (Å²) in [5, 5.41) is 0. The van der Waals surface area contributed by atoms with Gasteiger partial charge in [-0.15, -0.1) is 0 Å². The van der Waals surface area contributed by atoms with E-state index in [0.29, 0.717) is 45.8 Å². The highest BCUT2D eigenvalue weighted by Crippen LogP contribution is 2.34. The first-order chi connectivity index (χ1) is 9.95. The number of rotatable bonds is 2. The Balaban J connectivity index is 1.61. The Labute approximate surface area is 125 Å². The first-order valence-corrected chi connectivity index (χ1v) is 9.27. The zero-order valence-electron chi connectivity index (χ0n) is 12.2. The molecule has 3 rings (SSSR count). The average molecular weight is 318 g/mol. The molecule has 0 bridgehead atoms. The lowest BCUT2D eigenvalue weighted by molar-refractivity contribution is -0.147. The van der Waals surface area contributed by atoms with Crippen LogP contribution in [0.5, 0.6) is 0 Å². The lowest BCUT2D eigenvalue weighted by atomic mass is 9.92. The molecule has 3 atom stereocenters. The third kappa shape index (κ3) is 3.23. The zero-order valence-corrected chi connectivity index (χ0v) is 13.0. The Kier molecular flexibility index (Phi) is 4.22. The zero-order chi connectivity index (χ0) is 15.0. The van der Waals surface area contributed by atoms with E-state index >= 15 is 0 Å². The predicted molar refractivity (Wildman–Crippen MR) is 75.2 cm³/mol. The van der Waals surface area contributed by atoms with Gasteiger partial charge < -0.3 is 14.4 Å². The highest BCUT2D eigenvalue weighted by molar-refractivity contribution is 7.88. The topological polar surface area (TPSA) is 76.2 Å². The van der Waals surface area contributed by atoms with Crippen LogP contribution in [0.2, 0.25) is 0 Å². The molecule has 0 spiro atoms. The molecule has 0 aliphatic carbocycles. The van der Waals surface area contributed by atoms with Crippen molar-refractivity contribution in [2.75, 3.05) is 45.6 Å². The largest absolute Gasteiger partial charge is 0.378 e. The molecule has 0 aromatic rings. The highest BCUT2D eigenvalue weighted by Gasteiger charge is 2.44. The van der Waals surface area contributed by atoms with Gasteiger partial charge in [0.05, 0.1) is 25.6 Å². The summed E-state index contributed by atoms with van der Waals surface area (Å²) in [4.78, 5) is 14.2. The van der Waals surface area contributed by atoms with E-state index in [-0.39, 0.29) is 17.9 Å². The van der Waals surface area contributed by atoms with Crippen molar-refractivity contribution in [2.45, 2.75) is 25.0 Å². The molecule has 0 N–H and O–H groups in total. The van der Waals surface area contributed by atoms with Crippen molar-refractivity contribution in [3.8, 4) is 0 Å². The van der Waals surface area contributed by atoms with Crippen LogP contribution in [0, 0.1) is 5.92 Å². The molecule has 21 heavy (non-hydrogen) atoms. The second kappa shape index (κ2) is 5.83. The van der Waals surface area contributed by atoms with E-state index in [9.17, 15) is 13.2 Å². The molecule has 1 amide bonds. The summed E-state index contributed by atoms with van der Waals surface area (Å²) >= 11 is 0. The summed E-state index contributed by atoms with van der Waals surface area (Å²) in [5.74, 6) is 0.316. The third-order valence-corrected chi connectivity index (χ3v) is 5.85. The fraction of sp³-hybridized carbons (Fsp3) is 0.923. The van der Waals surface area contributed by atoms with Gasteiger partial charge in [-0.05, 0) is 18.8 Å². The molecule has 0 unspecified atom stereocenters. The van der Waals surface area contributed by atoms with Crippen LogP contribution in [-0.2, 0) is 24.3 Å². The van der Waals surface area contributed by atoms with Crippen LogP contribution in [0.4, 0.5) is 0 Å². The Hall–Kier alpha value is -0.700. The molecular weight excluding hydrogens is 296 g/mol. The first-order valence-electron chi connectivity index (χ1n) is 7.42. The van der Waals surface area contributed by atoms with Gasteiger partial charge in [-0.25, -0.2) is 8.42 Å². The summed E-state index contributed by atoms with van der Waals surface area (Å²) in [6, 6.07) is 0. The first kappa shape index (κ1) is 15.2. The SMILES string of the molecule is CS(=O)(=O)N1CC[C@H]2C[C@@H](C(=O)N3CCOCC3)O[C@@H]2C1. The van der Waals surface area contributed by atoms with E-state index < -0.39 is 16.1 Å². The van der Waals surface area contributed by atoms with Gasteiger partial charge in [0.15, 0.2) is 0 Å². The fourth-order valence-electron chi connectivity index (χ4n) is 3.35. The van der Waals surface area contributed by atoms with E-state index in [1.807, 2.05) is 0 Å². The summed E-state index contributed by atoms with van der Waals surface area (Å²) < 4.78 is 35.8. The van der Waals surface area contributed by atoms with E-state index in [1.54, 1.807) is 4.90 Å². The second-order valence-corrected chi connectivity index (χ2v) is 7.99. The monoisotopic (exact) mass is 318 g/mol. The van der Waals surface area contributed by atoms with Crippen molar-refractivity contribution in [1.82, 2.24) is 9.21 Å². The lowest BCUT2D eigenvalue weighted by Gasteiger charge is -2.32. The van der Waals surface area contributed by atoms with Crippen LogP contribution < -0.4 is 0 Å². The minimum Gasteiger partial charge on any atom is -0.378 e. The third-order valence-electron chi connectivity index (χ3n) is 4.58. The van der Waals surface area contributed by atoms with Crippen molar-refractivity contribution < 1.29 is 22.7 Å². The summed E-state index contributed by atoms with van der Waals surface area (Å²) in [7, 11) is -3.18. The molecule has 0 radical (unpaired) electrons. The highest BCUT2D eigenvalue weighted by atomic mass is 32.2. The van der Waals surface area contributed by atoms with Crippen molar-refractivity contribution in [3.05, 3.63) is 0 Å². The Bertz CT molecular complexity index is 503. The lowest BCUT2D eigenvalue weighted by Crippen LogP contribution is -2.46. The summed E-state index contributed by atoms with van der Waals surface area (Å²) in [6.45, 7) is 3.28. The number of sulfonamides is 1. The number of morpholine rings is 1. The van der Waals surface area contributed by atoms with Gasteiger partial charge in [0, 0.05) is 26.2 Å². The van der Waals surface area contributed by atoms with E-state index in [2.05, 4.69) is 0 Å². The van der Waals surface area contributed by atoms with Crippen LogP contribution in [0.25, 0.3) is 0 Å². The molecule has 7 nitrogen and oxygen atoms in total. The van der Waals surface area contributed by atoms with Crippen LogP contribution in [-0.4, -0.2) is 81.4 Å². The minimum absolute atomic E-state index is 0.0265. The average Bonchev–Trinajstić information content (AvgIpc) is 2.89. The van der Waals surface area contributed by atoms with Crippen molar-refractivity contribution in [1.29, 1.82) is 0 Å². The second-order valence-electron chi connectivity index (χ2n) is 6.01. The van der Waals surface area contributed by atoms with Gasteiger partial charge in [-0.3, -0.25) is 4.79 Å². The molecule has 3 aliphatic rings. The number of piperidine rings is 1. The quantitative estimate of drug-likeness (QED) is 0.672. The molecule has 8 heteroatoms. The van der Waals surface area contributed by atoms with Gasteiger partial charge in [-0.2, -0.15) is 4.31 Å². The number of carbonyl (C=O) groups excluding carboxylic acids is 1. The molecule has 3 saturated heterocycles. The molecule has 3 fully saturated rings. The number of amides is 1. The van der Waals surface area contributed by atoms with Gasteiger partial charge in [-0.1, -0.05) is 0 Å². The number of hydrogen-bond acceptors (Lipinski definition) is 5. The Morgan fingerprint density at radius 2 is 1.90 bits per heavy atom. The van der Waals surface area contributed by atoms with Crippen molar-refractivity contribution in [3.63, 3.8) is 0 Å². The fourth-order valence-corrected chi connectivity index (χ4v) is 4.20. The van der Waals surface area contributed by atoms with Gasteiger partial charge in [0.25, 0.3) is 5.91 Å². The number of hydrogen-bond donors (Lipinski definition) is 0. The molecule has 0 aromatic heterocycles. The van der Waals surface area contributed by atoms with Crippen molar-refractivity contribution in [2.24, 2.45) is 5.92 Å². The van der Waals surface area contributed by atoms with Crippen molar-refractivity contribution >= 4 is 15.9 Å². The molecule has 0 saturated carbocycles. The smallest absolute Gasteiger partial charge is 0.251 e. The molecule has 120 valence electrons. The standard InChI is InChI=1S/C13H22N2O5S/c1-21(17,18)15-3-2-10-8-11(20-12(10)9-15)13(16)14-4-6-19-7-5-14/h10-12H,2-9H2,1H3/t10-,11-,12+/m0/s1. The van der Waals surface area contributed by atoms with E-state index in [4.69, 9.17) is 9.47 Å². The van der Waals surface area contributed by atoms with Crippen LogP contribution in [0.1, 0.15) is 12.8 Å². The predicted octanol–water partition coefficient (Wildman–Crippen LogP) is -0.716. The minimum atomic E-state index is -3.18. The van der Waals surface area contributed by atoms with Gasteiger partial charge >= 0.3 is 0 Å². The van der Waals surface area contributed by atoms with Gasteiger partial charge in [0.1, 0.15) is 6.10 Å². The van der Waals surface area contributed by atoms with Crippen LogP contribution in [0.15, 0.2) is 0 Å². The van der Waals surface area contributed by atoms with Crippen LogP contribution >= 0.6 is 0 Å². The summed E-state index contributed by atoms with van der Waals surface area (Å²) in [5.41, 5.74) is 0. The Morgan fingerprint density at radius 1 is 1.19 bits per heavy atom. The molecule has 3 heterocycles. The van der Waals surface area contributed by atoms with Crippen LogP contribution in [0.3, 0.4) is 0 Å². The van der Waals surface area contributed by atoms with Gasteiger partial charge in [0.2, 0.25) is 10.0 Å². The summed E-state index contributed by atoms with van der Waals surface area (Å²) in [6.07, 6.45) is 2.13. The van der Waals surface area contributed by atoms with E-state index in [0.717, 1.165) is 6.42 Å². The Morgan fingerprint density at radius 3 is 2.57 bits per heavy atom. The number of ether oxygens (including phenoxy) is 2. The number of nitrogens with zero attached hydrogens (tertiary/aromatic N) is 2. The normalized spacial score (nSPS) is 34.7. The molecule has 0 aromatic carbocycles. The number of fused-ring (bicyclic) bond motifs is 1. The maximum Gasteiger partial charge on any atom is 0.251 e. The molecule has 3 aliphatic heterocycles. The number of carbonyl (C=O) groups is 1. The van der Waals surface area contributed by atoms with E-state index in [1.165, 1.54) is 10.6 Å². The maximum atomic E-state index is 12.4. The molecular formula is C13H22N2O5S.